The highest BCUT2D eigenvalue weighted by Gasteiger charge is 2.30. The number of piperazine rings is 1. The van der Waals surface area contributed by atoms with E-state index in [2.05, 4.69) is 86.6 Å². The van der Waals surface area contributed by atoms with E-state index >= 15 is 0 Å². The zero-order valence-corrected chi connectivity index (χ0v) is 28.6. The molecule has 1 fully saturated rings. The molecule has 0 saturated carbocycles. The van der Waals surface area contributed by atoms with Crippen LogP contribution in [0.2, 0.25) is 0 Å². The van der Waals surface area contributed by atoms with E-state index in [4.69, 9.17) is 4.74 Å². The van der Waals surface area contributed by atoms with Crippen LogP contribution < -0.4 is 10.1 Å². The number of methoxy groups -OCH3 is 1. The fraction of sp³-hybridized carbons (Fsp3) is 0.341. The van der Waals surface area contributed by atoms with Gasteiger partial charge in [-0.05, 0) is 71.2 Å². The smallest absolute Gasteiger partial charge is 0.343 e. The fourth-order valence-electron chi connectivity index (χ4n) is 6.51. The van der Waals surface area contributed by atoms with E-state index < -0.39 is 5.97 Å². The Morgan fingerprint density at radius 2 is 1.39 bits per heavy atom. The minimum Gasteiger partial charge on any atom is -0.482 e. The highest BCUT2D eigenvalue weighted by Crippen LogP contribution is 2.23. The Hall–Kier alpha value is -4.95. The highest BCUT2D eigenvalue weighted by molar-refractivity contribution is 5.77. The molecular formula is C41H47N3O5. The van der Waals surface area contributed by atoms with Crippen LogP contribution in [0.5, 0.6) is 5.75 Å². The van der Waals surface area contributed by atoms with Gasteiger partial charge in [0.2, 0.25) is 11.8 Å². The topological polar surface area (TPSA) is 88.2 Å². The number of hydrogen-bond donors (Lipinski definition) is 1. The van der Waals surface area contributed by atoms with Crippen LogP contribution in [0.15, 0.2) is 103 Å². The third-order valence-electron chi connectivity index (χ3n) is 9.11. The lowest BCUT2D eigenvalue weighted by Gasteiger charge is -2.42. The maximum atomic E-state index is 14.0. The summed E-state index contributed by atoms with van der Waals surface area (Å²) in [5.74, 6) is 0.329. The van der Waals surface area contributed by atoms with E-state index in [-0.39, 0.29) is 24.5 Å². The second-order valence-electron chi connectivity index (χ2n) is 12.6. The van der Waals surface area contributed by atoms with Gasteiger partial charge < -0.3 is 19.7 Å². The largest absolute Gasteiger partial charge is 0.482 e. The number of hydrogen-bond acceptors (Lipinski definition) is 6. The first-order chi connectivity index (χ1) is 23.9. The third kappa shape index (κ3) is 10.8. The van der Waals surface area contributed by atoms with Gasteiger partial charge in [-0.2, -0.15) is 0 Å². The molecule has 8 nitrogen and oxygen atoms in total. The van der Waals surface area contributed by atoms with Gasteiger partial charge in [0.1, 0.15) is 5.75 Å². The molecule has 4 aromatic carbocycles. The van der Waals surface area contributed by atoms with E-state index in [1.54, 1.807) is 6.92 Å². The lowest BCUT2D eigenvalue weighted by atomic mass is 9.93. The van der Waals surface area contributed by atoms with Crippen LogP contribution in [0.1, 0.15) is 46.7 Å². The average molecular weight is 662 g/mol. The van der Waals surface area contributed by atoms with Crippen molar-refractivity contribution in [3.63, 3.8) is 0 Å². The molecular weight excluding hydrogens is 614 g/mol. The molecule has 5 rings (SSSR count). The van der Waals surface area contributed by atoms with Gasteiger partial charge in [-0.25, -0.2) is 4.79 Å². The van der Waals surface area contributed by atoms with E-state index in [1.165, 1.54) is 34.9 Å². The molecule has 1 aliphatic rings. The summed E-state index contributed by atoms with van der Waals surface area (Å²) in [4.78, 5) is 41.4. The lowest BCUT2D eigenvalue weighted by Crippen LogP contribution is -2.55. The Bertz CT molecular complexity index is 1670. The molecule has 256 valence electrons. The average Bonchev–Trinajstić information content (AvgIpc) is 3.12. The molecule has 0 radical (unpaired) electrons. The van der Waals surface area contributed by atoms with Gasteiger partial charge in [0.25, 0.3) is 0 Å². The minimum atomic E-state index is -0.426. The molecule has 0 spiro atoms. The van der Waals surface area contributed by atoms with Gasteiger partial charge in [0.15, 0.2) is 6.61 Å². The van der Waals surface area contributed by atoms with Crippen LogP contribution in [-0.2, 0) is 51.3 Å². The maximum Gasteiger partial charge on any atom is 0.343 e. The number of rotatable bonds is 15. The number of nitrogens with zero attached hydrogens (tertiary/aromatic N) is 2. The summed E-state index contributed by atoms with van der Waals surface area (Å²) in [7, 11) is 1.34. The lowest BCUT2D eigenvalue weighted by molar-refractivity contribution is -0.143. The summed E-state index contributed by atoms with van der Waals surface area (Å²) >= 11 is 0. The molecule has 1 N–H and O–H groups in total. The summed E-state index contributed by atoms with van der Waals surface area (Å²) in [5, 5.41) is 2.90. The van der Waals surface area contributed by atoms with Crippen LogP contribution in [-0.4, -0.2) is 73.5 Å². The molecule has 1 aliphatic heterocycles. The van der Waals surface area contributed by atoms with E-state index in [0.717, 1.165) is 44.5 Å². The van der Waals surface area contributed by atoms with E-state index in [1.807, 2.05) is 36.4 Å². The molecule has 2 amide bonds. The molecule has 8 heteroatoms. The van der Waals surface area contributed by atoms with Crippen molar-refractivity contribution in [1.82, 2.24) is 15.1 Å². The SMILES string of the molecule is COC(=O)COc1ccc(C[C@@H]2CN(Cc3ccccc3)CCN2C(=O)CCc2ccccc2Cc2ccccc2CCNC(C)=O)cc1. The van der Waals surface area contributed by atoms with Crippen molar-refractivity contribution in [2.45, 2.75) is 51.6 Å². The molecule has 1 saturated heterocycles. The summed E-state index contributed by atoms with van der Waals surface area (Å²) in [5.41, 5.74) is 7.25. The van der Waals surface area contributed by atoms with Crippen LogP contribution in [0.25, 0.3) is 0 Å². The number of esters is 1. The Morgan fingerprint density at radius 3 is 2.04 bits per heavy atom. The quantitative estimate of drug-likeness (QED) is 0.172. The zero-order valence-electron chi connectivity index (χ0n) is 28.6. The van der Waals surface area contributed by atoms with Crippen LogP contribution in [0.4, 0.5) is 0 Å². The van der Waals surface area contributed by atoms with Gasteiger partial charge in [-0.3, -0.25) is 14.5 Å². The van der Waals surface area contributed by atoms with Crippen LogP contribution >= 0.6 is 0 Å². The molecule has 0 bridgehead atoms. The first kappa shape index (κ1) is 35.4. The number of amides is 2. The number of nitrogens with one attached hydrogen (secondary N) is 1. The molecule has 1 heterocycles. The second-order valence-corrected chi connectivity index (χ2v) is 12.6. The number of carbonyl (C=O) groups excluding carboxylic acids is 3. The van der Waals surface area contributed by atoms with Crippen molar-refractivity contribution in [3.05, 3.63) is 137 Å². The molecule has 1 atom stereocenters. The fourth-order valence-corrected chi connectivity index (χ4v) is 6.51. The maximum absolute atomic E-state index is 14.0. The standard InChI is InChI=1S/C41H47N3O5/c1-31(45)42-23-22-35-13-7-9-15-37(35)27-36-14-8-6-12-34(36)18-21-40(46)44-25-24-43(28-33-10-4-3-5-11-33)29-38(44)26-32-16-19-39(20-17-32)49-30-41(47)48-2/h3-17,19-20,38H,18,21-30H2,1-2H3,(H,42,45)/t38-/m1/s1. The van der Waals surface area contributed by atoms with Crippen LogP contribution in [0.3, 0.4) is 0 Å². The number of benzene rings is 4. The Balaban J connectivity index is 1.26. The minimum absolute atomic E-state index is 0.0210. The molecule has 0 unspecified atom stereocenters. The van der Waals surface area contributed by atoms with Gasteiger partial charge >= 0.3 is 5.97 Å². The monoisotopic (exact) mass is 661 g/mol. The van der Waals surface area contributed by atoms with Crippen molar-refractivity contribution in [1.29, 1.82) is 0 Å². The first-order valence-electron chi connectivity index (χ1n) is 17.1. The van der Waals surface area contributed by atoms with Crippen molar-refractivity contribution in [2.75, 3.05) is 39.9 Å². The Morgan fingerprint density at radius 1 is 0.755 bits per heavy atom. The van der Waals surface area contributed by atoms with E-state index in [9.17, 15) is 14.4 Å². The number of ether oxygens (including phenoxy) is 2. The number of carbonyl (C=O) groups is 3. The van der Waals surface area contributed by atoms with Crippen LogP contribution in [0, 0.1) is 0 Å². The Labute approximate surface area is 290 Å². The molecule has 0 aromatic heterocycles. The normalized spacial score (nSPS) is 14.7. The Kier molecular flexibility index (Phi) is 13.0. The first-order valence-corrected chi connectivity index (χ1v) is 17.1. The highest BCUT2D eigenvalue weighted by atomic mass is 16.6. The zero-order chi connectivity index (χ0) is 34.4. The van der Waals surface area contributed by atoms with Crippen molar-refractivity contribution in [3.8, 4) is 5.75 Å². The summed E-state index contributed by atoms with van der Waals surface area (Å²) < 4.78 is 10.2. The van der Waals surface area contributed by atoms with Crippen molar-refractivity contribution in [2.24, 2.45) is 0 Å². The number of aryl methyl sites for hydroxylation is 1. The molecule has 49 heavy (non-hydrogen) atoms. The van der Waals surface area contributed by atoms with Crippen molar-refractivity contribution < 1.29 is 23.9 Å². The second kappa shape index (κ2) is 18.0. The van der Waals surface area contributed by atoms with Crippen molar-refractivity contribution >= 4 is 17.8 Å². The van der Waals surface area contributed by atoms with Gasteiger partial charge in [0.05, 0.1) is 7.11 Å². The summed E-state index contributed by atoms with van der Waals surface area (Å²) in [6, 6.07) is 35.0. The predicted molar refractivity (Wildman–Crippen MR) is 191 cm³/mol. The predicted octanol–water partition coefficient (Wildman–Crippen LogP) is 5.40. The molecule has 0 aliphatic carbocycles. The summed E-state index contributed by atoms with van der Waals surface area (Å²) in [6.07, 6.45) is 3.39. The van der Waals surface area contributed by atoms with Gasteiger partial charge in [0, 0.05) is 52.1 Å². The molecule has 4 aromatic rings. The third-order valence-corrected chi connectivity index (χ3v) is 9.11. The van der Waals surface area contributed by atoms with E-state index in [0.29, 0.717) is 31.7 Å². The van der Waals surface area contributed by atoms with Gasteiger partial charge in [-0.15, -0.1) is 0 Å². The summed E-state index contributed by atoms with van der Waals surface area (Å²) in [6.45, 7) is 5.15. The van der Waals surface area contributed by atoms with Gasteiger partial charge in [-0.1, -0.05) is 91.0 Å².